The van der Waals surface area contributed by atoms with Crippen LogP contribution < -0.4 is 10.5 Å². The van der Waals surface area contributed by atoms with E-state index in [4.69, 9.17) is 10.5 Å². The summed E-state index contributed by atoms with van der Waals surface area (Å²) in [5.74, 6) is 1.05. The van der Waals surface area contributed by atoms with Crippen LogP contribution in [0.4, 0.5) is 0 Å². The molecule has 13 heavy (non-hydrogen) atoms. The van der Waals surface area contributed by atoms with Crippen LogP contribution in [0.2, 0.25) is 0 Å². The van der Waals surface area contributed by atoms with Crippen molar-refractivity contribution in [1.82, 2.24) is 0 Å². The molecule has 0 saturated heterocycles. The second-order valence-electron chi connectivity index (χ2n) is 4.04. The Bertz CT molecular complexity index is 355. The summed E-state index contributed by atoms with van der Waals surface area (Å²) in [6, 6.07) is 6.24. The Hall–Kier alpha value is -1.02. The van der Waals surface area contributed by atoms with Crippen LogP contribution >= 0.6 is 0 Å². The highest BCUT2D eigenvalue weighted by atomic mass is 16.5. The predicted octanol–water partition coefficient (Wildman–Crippen LogP) is 1.57. The molecule has 0 spiro atoms. The number of hydrogen-bond acceptors (Lipinski definition) is 2. The van der Waals surface area contributed by atoms with Gasteiger partial charge < -0.3 is 10.5 Å². The van der Waals surface area contributed by atoms with E-state index in [0.29, 0.717) is 0 Å². The molecule has 0 amide bonds. The van der Waals surface area contributed by atoms with E-state index >= 15 is 0 Å². The maximum absolute atomic E-state index is 6.19. The molecule has 2 aliphatic rings. The highest BCUT2D eigenvalue weighted by Crippen LogP contribution is 2.46. The molecule has 1 aromatic carbocycles. The van der Waals surface area contributed by atoms with Gasteiger partial charge in [-0.3, -0.25) is 0 Å². The average molecular weight is 175 g/mol. The van der Waals surface area contributed by atoms with Crippen LogP contribution in [0, 0.1) is 0 Å². The predicted molar refractivity (Wildman–Crippen MR) is 50.7 cm³/mol. The topological polar surface area (TPSA) is 35.2 Å². The van der Waals surface area contributed by atoms with Crippen molar-refractivity contribution in [2.45, 2.75) is 24.8 Å². The molecule has 1 fully saturated rings. The summed E-state index contributed by atoms with van der Waals surface area (Å²) in [7, 11) is 0. The van der Waals surface area contributed by atoms with E-state index in [1.807, 2.05) is 12.1 Å². The molecule has 0 unspecified atom stereocenters. The maximum Gasteiger partial charge on any atom is 0.122 e. The fraction of sp³-hybridized carbons (Fsp3) is 0.455. The third-order valence-electron chi connectivity index (χ3n) is 3.07. The minimum atomic E-state index is -0.0148. The Labute approximate surface area is 77.7 Å². The molecule has 1 heterocycles. The molecule has 0 atom stereocenters. The highest BCUT2D eigenvalue weighted by Gasteiger charge is 2.42. The van der Waals surface area contributed by atoms with E-state index in [2.05, 4.69) is 6.07 Å². The zero-order valence-electron chi connectivity index (χ0n) is 7.55. The molecule has 0 aromatic heterocycles. The van der Waals surface area contributed by atoms with E-state index in [1.165, 1.54) is 11.1 Å². The van der Waals surface area contributed by atoms with Gasteiger partial charge in [0, 0.05) is 17.5 Å². The summed E-state index contributed by atoms with van der Waals surface area (Å²) in [6.45, 7) is 0.822. The maximum atomic E-state index is 6.19. The number of hydrogen-bond donors (Lipinski definition) is 1. The second kappa shape index (κ2) is 2.26. The van der Waals surface area contributed by atoms with E-state index in [0.717, 1.165) is 31.6 Å². The quantitative estimate of drug-likeness (QED) is 0.703. The van der Waals surface area contributed by atoms with Crippen molar-refractivity contribution in [3.8, 4) is 5.75 Å². The summed E-state index contributed by atoms with van der Waals surface area (Å²) in [6.07, 6.45) is 3.29. The molecule has 1 aliphatic carbocycles. The van der Waals surface area contributed by atoms with E-state index in [1.54, 1.807) is 0 Å². The molecule has 0 radical (unpaired) electrons. The van der Waals surface area contributed by atoms with Crippen LogP contribution in [0.15, 0.2) is 18.2 Å². The van der Waals surface area contributed by atoms with Gasteiger partial charge in [-0.25, -0.2) is 0 Å². The standard InChI is InChI=1S/C11H13NO/c12-11(5-6-11)9-2-1-3-10-8(9)4-7-13-10/h1-3H,4-7,12H2. The molecule has 2 heteroatoms. The summed E-state index contributed by atoms with van der Waals surface area (Å²) in [5.41, 5.74) is 8.84. The van der Waals surface area contributed by atoms with Gasteiger partial charge in [0.2, 0.25) is 0 Å². The molecule has 1 aliphatic heterocycles. The smallest absolute Gasteiger partial charge is 0.122 e. The first kappa shape index (κ1) is 7.39. The summed E-state index contributed by atoms with van der Waals surface area (Å²) in [5, 5.41) is 0. The van der Waals surface area contributed by atoms with Crippen LogP contribution in [0.25, 0.3) is 0 Å². The molecule has 1 aromatic rings. The van der Waals surface area contributed by atoms with Crippen LogP contribution in [0.3, 0.4) is 0 Å². The molecule has 2 nitrogen and oxygen atoms in total. The van der Waals surface area contributed by atoms with Gasteiger partial charge in [0.1, 0.15) is 5.75 Å². The lowest BCUT2D eigenvalue weighted by Gasteiger charge is -2.12. The lowest BCUT2D eigenvalue weighted by atomic mass is 9.97. The Balaban J connectivity index is 2.15. The van der Waals surface area contributed by atoms with E-state index in [9.17, 15) is 0 Å². The van der Waals surface area contributed by atoms with Gasteiger partial charge in [-0.2, -0.15) is 0 Å². The zero-order chi connectivity index (χ0) is 8.89. The minimum Gasteiger partial charge on any atom is -0.493 e. The van der Waals surface area contributed by atoms with Gasteiger partial charge in [-0.15, -0.1) is 0 Å². The number of rotatable bonds is 1. The van der Waals surface area contributed by atoms with Crippen LogP contribution in [-0.2, 0) is 12.0 Å². The average Bonchev–Trinajstić information content (AvgIpc) is 2.72. The Morgan fingerprint density at radius 2 is 2.15 bits per heavy atom. The Morgan fingerprint density at radius 1 is 1.31 bits per heavy atom. The fourth-order valence-electron chi connectivity index (χ4n) is 2.09. The number of nitrogens with two attached hydrogens (primary N) is 1. The van der Waals surface area contributed by atoms with Crippen molar-refractivity contribution in [2.24, 2.45) is 5.73 Å². The van der Waals surface area contributed by atoms with Gasteiger partial charge in [-0.05, 0) is 24.5 Å². The minimum absolute atomic E-state index is 0.0148. The third-order valence-corrected chi connectivity index (χ3v) is 3.07. The summed E-state index contributed by atoms with van der Waals surface area (Å²) in [4.78, 5) is 0. The van der Waals surface area contributed by atoms with E-state index in [-0.39, 0.29) is 5.54 Å². The first-order chi connectivity index (χ1) is 6.30. The molecule has 0 bridgehead atoms. The molecule has 2 N–H and O–H groups in total. The monoisotopic (exact) mass is 175 g/mol. The number of fused-ring (bicyclic) bond motifs is 1. The van der Waals surface area contributed by atoms with Crippen molar-refractivity contribution in [3.05, 3.63) is 29.3 Å². The van der Waals surface area contributed by atoms with Crippen molar-refractivity contribution < 1.29 is 4.74 Å². The normalized spacial score (nSPS) is 22.2. The molecule has 68 valence electrons. The number of ether oxygens (including phenoxy) is 1. The third kappa shape index (κ3) is 0.985. The fourth-order valence-corrected chi connectivity index (χ4v) is 2.09. The molecule has 3 rings (SSSR count). The van der Waals surface area contributed by atoms with Crippen LogP contribution in [-0.4, -0.2) is 6.61 Å². The SMILES string of the molecule is NC1(c2cccc3c2CCO3)CC1. The Kier molecular flexibility index (Phi) is 1.29. The van der Waals surface area contributed by atoms with Gasteiger partial charge in [0.25, 0.3) is 0 Å². The van der Waals surface area contributed by atoms with Crippen LogP contribution in [0.5, 0.6) is 5.75 Å². The molecular formula is C11H13NO. The largest absolute Gasteiger partial charge is 0.493 e. The first-order valence-electron chi connectivity index (χ1n) is 4.84. The highest BCUT2D eigenvalue weighted by molar-refractivity contribution is 5.47. The van der Waals surface area contributed by atoms with Gasteiger partial charge in [0.05, 0.1) is 6.61 Å². The summed E-state index contributed by atoms with van der Waals surface area (Å²) < 4.78 is 5.51. The van der Waals surface area contributed by atoms with Gasteiger partial charge in [0.15, 0.2) is 0 Å². The Morgan fingerprint density at radius 3 is 2.92 bits per heavy atom. The molecular weight excluding hydrogens is 162 g/mol. The van der Waals surface area contributed by atoms with Crippen molar-refractivity contribution in [1.29, 1.82) is 0 Å². The number of benzene rings is 1. The first-order valence-corrected chi connectivity index (χ1v) is 4.84. The molecule has 1 saturated carbocycles. The zero-order valence-corrected chi connectivity index (χ0v) is 7.55. The second-order valence-corrected chi connectivity index (χ2v) is 4.04. The van der Waals surface area contributed by atoms with Crippen molar-refractivity contribution in [3.63, 3.8) is 0 Å². The van der Waals surface area contributed by atoms with Crippen molar-refractivity contribution in [2.75, 3.05) is 6.61 Å². The lowest BCUT2D eigenvalue weighted by molar-refractivity contribution is 0.357. The van der Waals surface area contributed by atoms with Gasteiger partial charge in [-0.1, -0.05) is 12.1 Å². The van der Waals surface area contributed by atoms with Crippen molar-refractivity contribution >= 4 is 0 Å². The van der Waals surface area contributed by atoms with E-state index < -0.39 is 0 Å². The lowest BCUT2D eigenvalue weighted by Crippen LogP contribution is -2.20. The summed E-state index contributed by atoms with van der Waals surface area (Å²) >= 11 is 0. The van der Waals surface area contributed by atoms with Crippen LogP contribution in [0.1, 0.15) is 24.0 Å². The van der Waals surface area contributed by atoms with Gasteiger partial charge >= 0.3 is 0 Å².